The van der Waals surface area contributed by atoms with Crippen LogP contribution in [0, 0.1) is 0 Å². The quantitative estimate of drug-likeness (QED) is 0.682. The van der Waals surface area contributed by atoms with Crippen LogP contribution in [0.25, 0.3) is 11.4 Å². The average Bonchev–Trinajstić information content (AvgIpc) is 3.30. The van der Waals surface area contributed by atoms with Gasteiger partial charge in [0.1, 0.15) is 11.5 Å². The predicted molar refractivity (Wildman–Crippen MR) is 112 cm³/mol. The van der Waals surface area contributed by atoms with E-state index in [2.05, 4.69) is 15.5 Å². The number of hydrogen-bond acceptors (Lipinski definition) is 6. The number of urea groups is 1. The highest BCUT2D eigenvalue weighted by Gasteiger charge is 2.28. The minimum atomic E-state index is -0.137. The van der Waals surface area contributed by atoms with Gasteiger partial charge in [-0.15, -0.1) is 0 Å². The summed E-state index contributed by atoms with van der Waals surface area (Å²) in [6, 6.07) is 14.8. The van der Waals surface area contributed by atoms with E-state index >= 15 is 0 Å². The van der Waals surface area contributed by atoms with Crippen molar-refractivity contribution >= 4 is 11.7 Å². The van der Waals surface area contributed by atoms with E-state index in [4.69, 9.17) is 14.0 Å². The Morgan fingerprint density at radius 1 is 1.07 bits per heavy atom. The lowest BCUT2D eigenvalue weighted by Gasteiger charge is -2.30. The number of para-hydroxylation sites is 2. The molecule has 0 radical (unpaired) electrons. The molecule has 1 fully saturated rings. The second-order valence-corrected chi connectivity index (χ2v) is 7.08. The standard InChI is InChI=1S/C22H24N4O4/c1-28-17-9-7-15(8-10-17)20-24-21(30-25-20)16-11-13-26(14-12-16)22(27)23-18-5-3-4-6-19(18)29-2/h3-10,16H,11-14H2,1-2H3,(H,23,27). The summed E-state index contributed by atoms with van der Waals surface area (Å²) in [5.74, 6) is 2.73. The molecule has 0 unspecified atom stereocenters. The van der Waals surface area contributed by atoms with Gasteiger partial charge >= 0.3 is 6.03 Å². The van der Waals surface area contributed by atoms with Gasteiger partial charge in [0.25, 0.3) is 0 Å². The van der Waals surface area contributed by atoms with Crippen molar-refractivity contribution in [3.8, 4) is 22.9 Å². The summed E-state index contributed by atoms with van der Waals surface area (Å²) >= 11 is 0. The van der Waals surface area contributed by atoms with E-state index in [1.165, 1.54) is 0 Å². The van der Waals surface area contributed by atoms with E-state index in [0.717, 1.165) is 24.2 Å². The Kier molecular flexibility index (Phi) is 5.83. The van der Waals surface area contributed by atoms with E-state index in [9.17, 15) is 4.79 Å². The molecule has 0 spiro atoms. The number of amides is 2. The molecule has 2 heterocycles. The third-order valence-electron chi connectivity index (χ3n) is 5.27. The van der Waals surface area contributed by atoms with Crippen LogP contribution in [0.5, 0.6) is 11.5 Å². The molecule has 1 N–H and O–H groups in total. The van der Waals surface area contributed by atoms with Gasteiger partial charge in [-0.05, 0) is 49.2 Å². The number of methoxy groups -OCH3 is 2. The minimum Gasteiger partial charge on any atom is -0.497 e. The van der Waals surface area contributed by atoms with Gasteiger partial charge in [-0.3, -0.25) is 0 Å². The molecule has 0 aliphatic carbocycles. The maximum atomic E-state index is 12.6. The Bertz CT molecular complexity index is 994. The number of likely N-dealkylation sites (tertiary alicyclic amines) is 1. The van der Waals surface area contributed by atoms with Crippen LogP contribution >= 0.6 is 0 Å². The van der Waals surface area contributed by atoms with E-state index < -0.39 is 0 Å². The lowest BCUT2D eigenvalue weighted by atomic mass is 9.97. The Morgan fingerprint density at radius 3 is 2.50 bits per heavy atom. The number of hydrogen-bond donors (Lipinski definition) is 1. The van der Waals surface area contributed by atoms with Crippen LogP contribution in [0.1, 0.15) is 24.7 Å². The van der Waals surface area contributed by atoms with E-state index in [-0.39, 0.29) is 11.9 Å². The first kappa shape index (κ1) is 19.8. The number of piperidine rings is 1. The van der Waals surface area contributed by atoms with Gasteiger partial charge in [-0.1, -0.05) is 17.3 Å². The maximum Gasteiger partial charge on any atom is 0.321 e. The fourth-order valence-electron chi connectivity index (χ4n) is 3.53. The second kappa shape index (κ2) is 8.86. The maximum absolute atomic E-state index is 12.6. The number of rotatable bonds is 5. The fraction of sp³-hybridized carbons (Fsp3) is 0.318. The highest BCUT2D eigenvalue weighted by molar-refractivity contribution is 5.91. The summed E-state index contributed by atoms with van der Waals surface area (Å²) < 4.78 is 16.0. The summed E-state index contributed by atoms with van der Waals surface area (Å²) in [5, 5.41) is 7.03. The van der Waals surface area contributed by atoms with E-state index in [1.807, 2.05) is 48.5 Å². The molecular formula is C22H24N4O4. The number of aromatic nitrogens is 2. The van der Waals surface area contributed by atoms with Crippen LogP contribution in [0.3, 0.4) is 0 Å². The zero-order valence-corrected chi connectivity index (χ0v) is 17.0. The lowest BCUT2D eigenvalue weighted by molar-refractivity contribution is 0.187. The first-order valence-corrected chi connectivity index (χ1v) is 9.85. The van der Waals surface area contributed by atoms with Gasteiger partial charge in [0, 0.05) is 24.6 Å². The molecule has 1 aliphatic heterocycles. The first-order chi connectivity index (χ1) is 14.7. The first-order valence-electron chi connectivity index (χ1n) is 9.85. The number of ether oxygens (including phenoxy) is 2. The number of benzene rings is 2. The van der Waals surface area contributed by atoms with E-state index in [0.29, 0.717) is 36.2 Å². The molecule has 0 saturated carbocycles. The smallest absolute Gasteiger partial charge is 0.321 e. The van der Waals surface area contributed by atoms with Gasteiger partial charge < -0.3 is 24.2 Å². The van der Waals surface area contributed by atoms with Gasteiger partial charge in [0.05, 0.1) is 19.9 Å². The Hall–Kier alpha value is -3.55. The Balaban J connectivity index is 1.35. The zero-order chi connectivity index (χ0) is 20.9. The molecule has 3 aromatic rings. The number of carbonyl (C=O) groups is 1. The topological polar surface area (TPSA) is 89.7 Å². The highest BCUT2D eigenvalue weighted by Crippen LogP contribution is 2.30. The third kappa shape index (κ3) is 4.22. The van der Waals surface area contributed by atoms with Crippen LogP contribution in [-0.2, 0) is 0 Å². The van der Waals surface area contributed by atoms with Crippen molar-refractivity contribution in [2.75, 3.05) is 32.6 Å². The molecule has 4 rings (SSSR count). The number of carbonyl (C=O) groups excluding carboxylic acids is 1. The number of anilines is 1. The minimum absolute atomic E-state index is 0.137. The molecule has 30 heavy (non-hydrogen) atoms. The van der Waals surface area contributed by atoms with Crippen LogP contribution in [0.4, 0.5) is 10.5 Å². The normalized spacial score (nSPS) is 14.4. The molecule has 1 aromatic heterocycles. The molecule has 156 valence electrons. The van der Waals surface area contributed by atoms with Gasteiger partial charge in [0.2, 0.25) is 11.7 Å². The molecule has 2 amide bonds. The fourth-order valence-corrected chi connectivity index (χ4v) is 3.53. The van der Waals surface area contributed by atoms with Crippen molar-refractivity contribution in [2.24, 2.45) is 0 Å². The SMILES string of the molecule is COc1ccc(-c2noc(C3CCN(C(=O)Nc4ccccc4OC)CC3)n2)cc1. The number of nitrogens with one attached hydrogen (secondary N) is 1. The van der Waals surface area contributed by atoms with Crippen molar-refractivity contribution in [3.05, 3.63) is 54.4 Å². The van der Waals surface area contributed by atoms with Crippen molar-refractivity contribution in [2.45, 2.75) is 18.8 Å². The molecule has 8 nitrogen and oxygen atoms in total. The average molecular weight is 408 g/mol. The van der Waals surface area contributed by atoms with Crippen LogP contribution in [0.2, 0.25) is 0 Å². The van der Waals surface area contributed by atoms with Crippen molar-refractivity contribution in [1.82, 2.24) is 15.0 Å². The van der Waals surface area contributed by atoms with E-state index in [1.54, 1.807) is 19.1 Å². The largest absolute Gasteiger partial charge is 0.497 e. The summed E-state index contributed by atoms with van der Waals surface area (Å²) in [6.45, 7) is 1.23. The molecule has 8 heteroatoms. The van der Waals surface area contributed by atoms with Crippen molar-refractivity contribution in [1.29, 1.82) is 0 Å². The van der Waals surface area contributed by atoms with Gasteiger partial charge in [-0.25, -0.2) is 4.79 Å². The van der Waals surface area contributed by atoms with Crippen LogP contribution in [0.15, 0.2) is 53.1 Å². The summed E-state index contributed by atoms with van der Waals surface area (Å²) in [5.41, 5.74) is 1.53. The monoisotopic (exact) mass is 408 g/mol. The zero-order valence-electron chi connectivity index (χ0n) is 17.0. The molecule has 1 saturated heterocycles. The Labute approximate surface area is 174 Å². The molecular weight excluding hydrogens is 384 g/mol. The third-order valence-corrected chi connectivity index (χ3v) is 5.27. The van der Waals surface area contributed by atoms with Crippen molar-refractivity contribution < 1.29 is 18.8 Å². The lowest BCUT2D eigenvalue weighted by Crippen LogP contribution is -2.40. The predicted octanol–water partition coefficient (Wildman–Crippen LogP) is 4.17. The van der Waals surface area contributed by atoms with Gasteiger partial charge in [-0.2, -0.15) is 4.98 Å². The van der Waals surface area contributed by atoms with Gasteiger partial charge in [0.15, 0.2) is 0 Å². The molecule has 1 aliphatic rings. The summed E-state index contributed by atoms with van der Waals surface area (Å²) in [7, 11) is 3.21. The summed E-state index contributed by atoms with van der Waals surface area (Å²) in [6.07, 6.45) is 1.53. The Morgan fingerprint density at radius 2 is 1.80 bits per heavy atom. The number of nitrogens with zero attached hydrogens (tertiary/aromatic N) is 3. The highest BCUT2D eigenvalue weighted by atomic mass is 16.5. The molecule has 0 atom stereocenters. The summed E-state index contributed by atoms with van der Waals surface area (Å²) in [4.78, 5) is 19.0. The van der Waals surface area contributed by atoms with Crippen LogP contribution < -0.4 is 14.8 Å². The van der Waals surface area contributed by atoms with Crippen LogP contribution in [-0.4, -0.2) is 48.4 Å². The second-order valence-electron chi connectivity index (χ2n) is 7.08. The molecule has 2 aromatic carbocycles. The van der Waals surface area contributed by atoms with Crippen molar-refractivity contribution in [3.63, 3.8) is 0 Å². The molecule has 0 bridgehead atoms.